The van der Waals surface area contributed by atoms with Gasteiger partial charge in [0.1, 0.15) is 5.75 Å². The minimum absolute atomic E-state index is 0.106. The van der Waals surface area contributed by atoms with Crippen molar-refractivity contribution in [2.45, 2.75) is 11.9 Å². The van der Waals surface area contributed by atoms with E-state index in [1.165, 1.54) is 4.31 Å². The maximum atomic E-state index is 13.3. The van der Waals surface area contributed by atoms with Crippen molar-refractivity contribution in [1.82, 2.24) is 0 Å². The third-order valence-electron chi connectivity index (χ3n) is 5.57. The van der Waals surface area contributed by atoms with E-state index in [4.69, 9.17) is 4.74 Å². The van der Waals surface area contributed by atoms with Crippen molar-refractivity contribution in [3.8, 4) is 5.75 Å². The van der Waals surface area contributed by atoms with E-state index in [9.17, 15) is 13.2 Å². The lowest BCUT2D eigenvalue weighted by Crippen LogP contribution is -2.49. The van der Waals surface area contributed by atoms with Crippen molar-refractivity contribution in [1.29, 1.82) is 0 Å². The Morgan fingerprint density at radius 1 is 0.879 bits per heavy atom. The molecule has 1 atom stereocenters. The molecule has 0 radical (unpaired) electrons. The van der Waals surface area contributed by atoms with Gasteiger partial charge in [-0.05, 0) is 40.6 Å². The van der Waals surface area contributed by atoms with Gasteiger partial charge in [-0.3, -0.25) is 9.10 Å². The maximum absolute atomic E-state index is 13.3. The van der Waals surface area contributed by atoms with E-state index in [0.717, 1.165) is 10.8 Å². The second kappa shape index (κ2) is 8.60. The Hall–Kier alpha value is -3.84. The van der Waals surface area contributed by atoms with Gasteiger partial charge in [-0.15, -0.1) is 0 Å². The molecule has 4 aromatic carbocycles. The van der Waals surface area contributed by atoms with E-state index in [-0.39, 0.29) is 12.3 Å². The third kappa shape index (κ3) is 4.40. The van der Waals surface area contributed by atoms with Crippen LogP contribution < -0.4 is 14.4 Å². The second-order valence-corrected chi connectivity index (χ2v) is 9.79. The molecule has 1 N–H and O–H groups in total. The summed E-state index contributed by atoms with van der Waals surface area (Å²) in [6.07, 6.45) is -0.989. The molecule has 1 heterocycles. The summed E-state index contributed by atoms with van der Waals surface area (Å²) in [6, 6.07) is 29.4. The molecule has 33 heavy (non-hydrogen) atoms. The number of ether oxygens (including phenoxy) is 1. The first-order valence-corrected chi connectivity index (χ1v) is 12.2. The molecule has 0 bridgehead atoms. The highest BCUT2D eigenvalue weighted by molar-refractivity contribution is 7.92. The summed E-state index contributed by atoms with van der Waals surface area (Å²) >= 11 is 0. The molecule has 0 fully saturated rings. The number of fused-ring (bicyclic) bond motifs is 2. The molecule has 7 heteroatoms. The Balaban J connectivity index is 1.41. The maximum Gasteiger partial charge on any atom is 0.267 e. The number of sulfonamides is 1. The fraction of sp³-hybridized carbons (Fsp3) is 0.115. The Labute approximate surface area is 192 Å². The lowest BCUT2D eigenvalue weighted by Gasteiger charge is -2.34. The van der Waals surface area contributed by atoms with Crippen LogP contribution >= 0.6 is 0 Å². The first kappa shape index (κ1) is 21.0. The van der Waals surface area contributed by atoms with Crippen LogP contribution in [0.1, 0.15) is 5.56 Å². The van der Waals surface area contributed by atoms with Crippen LogP contribution in [0.2, 0.25) is 0 Å². The summed E-state index contributed by atoms with van der Waals surface area (Å²) in [5.74, 6) is -0.208. The number of benzene rings is 4. The monoisotopic (exact) mass is 458 g/mol. The Morgan fingerprint density at radius 2 is 1.58 bits per heavy atom. The zero-order valence-corrected chi connectivity index (χ0v) is 18.5. The van der Waals surface area contributed by atoms with Crippen LogP contribution in [0, 0.1) is 0 Å². The molecule has 0 spiro atoms. The molecule has 5 rings (SSSR count). The van der Waals surface area contributed by atoms with E-state index in [0.29, 0.717) is 22.7 Å². The summed E-state index contributed by atoms with van der Waals surface area (Å²) in [4.78, 5) is 13.1. The summed E-state index contributed by atoms with van der Waals surface area (Å²) < 4.78 is 33.9. The average Bonchev–Trinajstić information content (AvgIpc) is 2.83. The van der Waals surface area contributed by atoms with Crippen LogP contribution in [0.3, 0.4) is 0 Å². The SMILES string of the molecule is O=C(Nc1ccc2ccccc2c1)[C@@H]1CN(S(=O)(=O)Cc2ccccc2)c2ccccc2O1. The second-order valence-electron chi connectivity index (χ2n) is 7.90. The molecular formula is C26H22N2O4S. The number of hydrogen-bond acceptors (Lipinski definition) is 4. The standard InChI is InChI=1S/C26H22N2O4S/c29-26(27-22-15-14-20-10-4-5-11-21(20)16-22)25-17-28(23-12-6-7-13-24(23)32-25)33(30,31)18-19-8-2-1-3-9-19/h1-16,25H,17-18H2,(H,27,29)/t25-/m0/s1. The van der Waals surface area contributed by atoms with Gasteiger partial charge in [0, 0.05) is 5.69 Å². The van der Waals surface area contributed by atoms with Crippen LogP contribution in [0.15, 0.2) is 97.1 Å². The van der Waals surface area contributed by atoms with Crippen LogP contribution in [0.4, 0.5) is 11.4 Å². The number of anilines is 2. The molecule has 0 unspecified atom stereocenters. The molecule has 4 aromatic rings. The van der Waals surface area contributed by atoms with E-state index in [2.05, 4.69) is 5.32 Å². The highest BCUT2D eigenvalue weighted by Crippen LogP contribution is 2.36. The quantitative estimate of drug-likeness (QED) is 0.475. The van der Waals surface area contributed by atoms with Gasteiger partial charge in [-0.2, -0.15) is 0 Å². The number of nitrogens with zero attached hydrogens (tertiary/aromatic N) is 1. The molecule has 0 saturated heterocycles. The number of carbonyl (C=O) groups is 1. The molecule has 0 aliphatic carbocycles. The number of rotatable bonds is 5. The number of carbonyl (C=O) groups excluding carboxylic acids is 1. The summed E-state index contributed by atoms with van der Waals surface area (Å²) in [7, 11) is -3.74. The number of para-hydroxylation sites is 2. The summed E-state index contributed by atoms with van der Waals surface area (Å²) in [5.41, 5.74) is 1.74. The fourth-order valence-corrected chi connectivity index (χ4v) is 5.54. The lowest BCUT2D eigenvalue weighted by molar-refractivity contribution is -0.122. The average molecular weight is 459 g/mol. The molecule has 0 saturated carbocycles. The number of nitrogens with one attached hydrogen (secondary N) is 1. The lowest BCUT2D eigenvalue weighted by atomic mass is 10.1. The van der Waals surface area contributed by atoms with Crippen LogP contribution in [-0.2, 0) is 20.6 Å². The van der Waals surface area contributed by atoms with Gasteiger partial charge in [0.15, 0.2) is 6.10 Å². The first-order chi connectivity index (χ1) is 16.0. The Morgan fingerprint density at radius 3 is 2.39 bits per heavy atom. The van der Waals surface area contributed by atoms with Crippen molar-refractivity contribution >= 4 is 38.1 Å². The number of hydrogen-bond donors (Lipinski definition) is 1. The topological polar surface area (TPSA) is 75.7 Å². The molecule has 1 aliphatic rings. The van der Waals surface area contributed by atoms with Crippen LogP contribution in [0.5, 0.6) is 5.75 Å². The Kier molecular flexibility index (Phi) is 5.48. The normalized spacial score (nSPS) is 15.5. The van der Waals surface area contributed by atoms with Crippen LogP contribution in [-0.4, -0.2) is 27.0 Å². The molecule has 1 aliphatic heterocycles. The first-order valence-electron chi connectivity index (χ1n) is 10.6. The Bertz CT molecular complexity index is 1420. The molecule has 1 amide bonds. The smallest absolute Gasteiger partial charge is 0.267 e. The largest absolute Gasteiger partial charge is 0.476 e. The highest BCUT2D eigenvalue weighted by Gasteiger charge is 2.36. The van der Waals surface area contributed by atoms with Gasteiger partial charge in [0.05, 0.1) is 18.0 Å². The van der Waals surface area contributed by atoms with E-state index < -0.39 is 22.0 Å². The number of amides is 1. The predicted octanol–water partition coefficient (Wildman–Crippen LogP) is 4.58. The minimum Gasteiger partial charge on any atom is -0.476 e. The van der Waals surface area contributed by atoms with Gasteiger partial charge in [0.2, 0.25) is 10.0 Å². The molecule has 0 aromatic heterocycles. The molecule has 6 nitrogen and oxygen atoms in total. The van der Waals surface area contributed by atoms with Gasteiger partial charge in [-0.1, -0.05) is 72.8 Å². The molecular weight excluding hydrogens is 436 g/mol. The van der Waals surface area contributed by atoms with Gasteiger partial charge in [-0.25, -0.2) is 8.42 Å². The van der Waals surface area contributed by atoms with E-state index in [1.54, 1.807) is 48.5 Å². The summed E-state index contributed by atoms with van der Waals surface area (Å²) in [5, 5.41) is 4.93. The van der Waals surface area contributed by atoms with Crippen molar-refractivity contribution in [3.05, 3.63) is 103 Å². The van der Waals surface area contributed by atoms with Crippen molar-refractivity contribution in [3.63, 3.8) is 0 Å². The van der Waals surface area contributed by atoms with E-state index in [1.807, 2.05) is 48.5 Å². The third-order valence-corrected chi connectivity index (χ3v) is 7.29. The zero-order valence-electron chi connectivity index (χ0n) is 17.7. The zero-order chi connectivity index (χ0) is 22.8. The van der Waals surface area contributed by atoms with Crippen molar-refractivity contribution < 1.29 is 17.9 Å². The highest BCUT2D eigenvalue weighted by atomic mass is 32.2. The minimum atomic E-state index is -3.74. The van der Waals surface area contributed by atoms with E-state index >= 15 is 0 Å². The van der Waals surface area contributed by atoms with Crippen molar-refractivity contribution in [2.75, 3.05) is 16.2 Å². The molecule has 166 valence electrons. The van der Waals surface area contributed by atoms with Crippen LogP contribution in [0.25, 0.3) is 10.8 Å². The predicted molar refractivity (Wildman–Crippen MR) is 130 cm³/mol. The summed E-state index contributed by atoms with van der Waals surface area (Å²) in [6.45, 7) is -0.106. The van der Waals surface area contributed by atoms with Gasteiger partial charge in [0.25, 0.3) is 5.91 Å². The van der Waals surface area contributed by atoms with Gasteiger partial charge < -0.3 is 10.1 Å². The fourth-order valence-electron chi connectivity index (χ4n) is 3.95. The van der Waals surface area contributed by atoms with Gasteiger partial charge >= 0.3 is 0 Å². The van der Waals surface area contributed by atoms with Crippen molar-refractivity contribution in [2.24, 2.45) is 0 Å².